The van der Waals surface area contributed by atoms with Crippen molar-refractivity contribution in [3.63, 3.8) is 0 Å². The highest BCUT2D eigenvalue weighted by molar-refractivity contribution is 5.08. The molecule has 19 heavy (non-hydrogen) atoms. The van der Waals surface area contributed by atoms with Crippen LogP contribution in [0.4, 0.5) is 0 Å². The van der Waals surface area contributed by atoms with Crippen molar-refractivity contribution in [3.05, 3.63) is 18.2 Å². The number of aromatic nitrogens is 2. The quantitative estimate of drug-likeness (QED) is 0.906. The largest absolute Gasteiger partial charge is 0.378 e. The van der Waals surface area contributed by atoms with Crippen LogP contribution >= 0.6 is 0 Å². The van der Waals surface area contributed by atoms with E-state index in [0.29, 0.717) is 12.0 Å². The van der Waals surface area contributed by atoms with Gasteiger partial charge in [0.1, 0.15) is 0 Å². The normalized spacial score (nSPS) is 28.4. The van der Waals surface area contributed by atoms with Crippen LogP contribution < -0.4 is 5.32 Å². The van der Waals surface area contributed by atoms with E-state index in [4.69, 9.17) is 4.74 Å². The van der Waals surface area contributed by atoms with Gasteiger partial charge in [0.25, 0.3) is 0 Å². The van der Waals surface area contributed by atoms with Gasteiger partial charge in [-0.3, -0.25) is 0 Å². The first-order valence-corrected chi connectivity index (χ1v) is 7.76. The molecule has 3 heterocycles. The summed E-state index contributed by atoms with van der Waals surface area (Å²) in [7, 11) is 0. The maximum atomic E-state index is 5.82. The zero-order valence-corrected chi connectivity index (χ0v) is 11.7. The van der Waals surface area contributed by atoms with Crippen LogP contribution in [0.1, 0.15) is 50.1 Å². The fraction of sp³-hybridized carbons (Fsp3) is 0.800. The monoisotopic (exact) mass is 263 g/mol. The third kappa shape index (κ3) is 3.37. The number of rotatable bonds is 4. The Morgan fingerprint density at radius 3 is 3.11 bits per heavy atom. The first-order valence-electron chi connectivity index (χ1n) is 7.76. The number of nitrogens with one attached hydrogen (secondary N) is 1. The second kappa shape index (κ2) is 6.53. The standard InChI is InChI=1S/C15H25N3O/c1-2-9-19-14(5-1)6-8-18-12-17-11-15(18)13-4-3-7-16-10-13/h11-14,16H,1-10H2. The van der Waals surface area contributed by atoms with Gasteiger partial charge in [-0.05, 0) is 45.1 Å². The van der Waals surface area contributed by atoms with E-state index in [9.17, 15) is 0 Å². The summed E-state index contributed by atoms with van der Waals surface area (Å²) in [5, 5.41) is 3.49. The summed E-state index contributed by atoms with van der Waals surface area (Å²) in [6, 6.07) is 0. The van der Waals surface area contributed by atoms with Crippen molar-refractivity contribution in [3.8, 4) is 0 Å². The van der Waals surface area contributed by atoms with Crippen LogP contribution in [0.5, 0.6) is 0 Å². The highest BCUT2D eigenvalue weighted by Gasteiger charge is 2.20. The molecule has 2 aliphatic rings. The Kier molecular flexibility index (Phi) is 4.51. The number of imidazole rings is 1. The SMILES string of the molecule is c1ncn(CCC2CCCCO2)c1C1CCCNC1. The molecule has 2 atom stereocenters. The van der Waals surface area contributed by atoms with Gasteiger partial charge in [0, 0.05) is 37.5 Å². The van der Waals surface area contributed by atoms with Gasteiger partial charge < -0.3 is 14.6 Å². The molecule has 2 aliphatic heterocycles. The molecule has 0 aliphatic carbocycles. The summed E-state index contributed by atoms with van der Waals surface area (Å²) < 4.78 is 8.16. The summed E-state index contributed by atoms with van der Waals surface area (Å²) in [4.78, 5) is 4.36. The Morgan fingerprint density at radius 1 is 1.32 bits per heavy atom. The smallest absolute Gasteiger partial charge is 0.0948 e. The third-order valence-electron chi connectivity index (χ3n) is 4.43. The second-order valence-electron chi connectivity index (χ2n) is 5.83. The Bertz CT molecular complexity index is 378. The van der Waals surface area contributed by atoms with Crippen molar-refractivity contribution in [1.29, 1.82) is 0 Å². The van der Waals surface area contributed by atoms with E-state index in [1.54, 1.807) is 0 Å². The molecule has 2 unspecified atom stereocenters. The molecule has 0 saturated carbocycles. The van der Waals surface area contributed by atoms with Crippen LogP contribution in [0.2, 0.25) is 0 Å². The van der Waals surface area contributed by atoms with Gasteiger partial charge in [0.15, 0.2) is 0 Å². The van der Waals surface area contributed by atoms with Crippen LogP contribution in [0.3, 0.4) is 0 Å². The van der Waals surface area contributed by atoms with Crippen LogP contribution in [-0.4, -0.2) is 35.4 Å². The maximum absolute atomic E-state index is 5.82. The summed E-state index contributed by atoms with van der Waals surface area (Å²) in [5.74, 6) is 0.642. The number of piperidine rings is 1. The number of hydrogen-bond acceptors (Lipinski definition) is 3. The van der Waals surface area contributed by atoms with Crippen LogP contribution in [0, 0.1) is 0 Å². The first kappa shape index (κ1) is 13.1. The van der Waals surface area contributed by atoms with Gasteiger partial charge >= 0.3 is 0 Å². The lowest BCUT2D eigenvalue weighted by Crippen LogP contribution is -2.30. The average Bonchev–Trinajstić information content (AvgIpc) is 2.95. The lowest BCUT2D eigenvalue weighted by Gasteiger charge is -2.25. The van der Waals surface area contributed by atoms with Gasteiger partial charge in [0.05, 0.1) is 12.4 Å². The molecule has 0 amide bonds. The highest BCUT2D eigenvalue weighted by Crippen LogP contribution is 2.24. The van der Waals surface area contributed by atoms with Crippen LogP contribution in [-0.2, 0) is 11.3 Å². The molecule has 1 N–H and O–H groups in total. The zero-order chi connectivity index (χ0) is 12.9. The Balaban J connectivity index is 1.56. The van der Waals surface area contributed by atoms with Crippen LogP contribution in [0.25, 0.3) is 0 Å². The molecule has 106 valence electrons. The molecule has 1 aromatic heterocycles. The van der Waals surface area contributed by atoms with E-state index >= 15 is 0 Å². The fourth-order valence-electron chi connectivity index (χ4n) is 3.28. The van der Waals surface area contributed by atoms with Crippen molar-refractivity contribution in [2.75, 3.05) is 19.7 Å². The summed E-state index contributed by atoms with van der Waals surface area (Å²) in [6.45, 7) is 4.27. The molecular weight excluding hydrogens is 238 g/mol. The lowest BCUT2D eigenvalue weighted by molar-refractivity contribution is 0.00865. The molecule has 0 radical (unpaired) electrons. The van der Waals surface area contributed by atoms with E-state index in [0.717, 1.165) is 26.1 Å². The first-order chi connectivity index (χ1) is 9.43. The third-order valence-corrected chi connectivity index (χ3v) is 4.43. The molecule has 4 nitrogen and oxygen atoms in total. The second-order valence-corrected chi connectivity index (χ2v) is 5.83. The van der Waals surface area contributed by atoms with E-state index in [-0.39, 0.29) is 0 Å². The van der Waals surface area contributed by atoms with E-state index in [2.05, 4.69) is 21.1 Å². The predicted octanol–water partition coefficient (Wildman–Crippen LogP) is 2.31. The van der Waals surface area contributed by atoms with Crippen molar-refractivity contribution in [2.45, 2.75) is 57.1 Å². The predicted molar refractivity (Wildman–Crippen MR) is 75.3 cm³/mol. The minimum atomic E-state index is 0.466. The summed E-state index contributed by atoms with van der Waals surface area (Å²) in [6.07, 6.45) is 12.0. The van der Waals surface area contributed by atoms with Crippen LogP contribution in [0.15, 0.2) is 12.5 Å². The number of hydrogen-bond donors (Lipinski definition) is 1. The molecular formula is C15H25N3O. The number of ether oxygens (including phenoxy) is 1. The molecule has 3 rings (SSSR count). The molecule has 2 saturated heterocycles. The molecule has 1 aromatic rings. The highest BCUT2D eigenvalue weighted by atomic mass is 16.5. The van der Waals surface area contributed by atoms with Crippen molar-refractivity contribution >= 4 is 0 Å². The topological polar surface area (TPSA) is 39.1 Å². The Morgan fingerprint density at radius 2 is 2.32 bits per heavy atom. The molecule has 0 aromatic carbocycles. The fourth-order valence-corrected chi connectivity index (χ4v) is 3.28. The average molecular weight is 263 g/mol. The molecule has 0 spiro atoms. The zero-order valence-electron chi connectivity index (χ0n) is 11.7. The van der Waals surface area contributed by atoms with Crippen molar-refractivity contribution < 1.29 is 4.74 Å². The molecule has 0 bridgehead atoms. The van der Waals surface area contributed by atoms with Gasteiger partial charge in [-0.2, -0.15) is 0 Å². The van der Waals surface area contributed by atoms with E-state index in [1.807, 2.05) is 6.33 Å². The van der Waals surface area contributed by atoms with Gasteiger partial charge in [-0.15, -0.1) is 0 Å². The van der Waals surface area contributed by atoms with Gasteiger partial charge in [0.2, 0.25) is 0 Å². The Labute approximate surface area is 115 Å². The number of nitrogens with zero attached hydrogens (tertiary/aromatic N) is 2. The Hall–Kier alpha value is -0.870. The van der Waals surface area contributed by atoms with Gasteiger partial charge in [-0.1, -0.05) is 0 Å². The molecule has 2 fully saturated rings. The minimum Gasteiger partial charge on any atom is -0.378 e. The van der Waals surface area contributed by atoms with Crippen molar-refractivity contribution in [1.82, 2.24) is 14.9 Å². The van der Waals surface area contributed by atoms with E-state index in [1.165, 1.54) is 44.3 Å². The molecule has 4 heteroatoms. The summed E-state index contributed by atoms with van der Waals surface area (Å²) >= 11 is 0. The van der Waals surface area contributed by atoms with E-state index < -0.39 is 0 Å². The minimum absolute atomic E-state index is 0.466. The lowest BCUT2D eigenvalue weighted by atomic mass is 9.96. The summed E-state index contributed by atoms with van der Waals surface area (Å²) in [5.41, 5.74) is 1.41. The number of aryl methyl sites for hydroxylation is 1. The van der Waals surface area contributed by atoms with Crippen molar-refractivity contribution in [2.24, 2.45) is 0 Å². The van der Waals surface area contributed by atoms with Gasteiger partial charge in [-0.25, -0.2) is 4.98 Å². The maximum Gasteiger partial charge on any atom is 0.0948 e.